The van der Waals surface area contributed by atoms with Crippen molar-refractivity contribution in [2.24, 2.45) is 4.99 Å². The summed E-state index contributed by atoms with van der Waals surface area (Å²) in [5, 5.41) is 10.5. The molecule has 29 heavy (non-hydrogen) atoms. The van der Waals surface area contributed by atoms with Crippen LogP contribution in [-0.4, -0.2) is 37.2 Å². The van der Waals surface area contributed by atoms with E-state index in [9.17, 15) is 4.79 Å². The Hall–Kier alpha value is -2.83. The average molecular weight is 398 g/mol. The van der Waals surface area contributed by atoms with Crippen LogP contribution in [0.25, 0.3) is 0 Å². The number of carbonyl (C=O) groups excluding carboxylic acids is 1. The number of hydrogen-bond donors (Lipinski definition) is 2. The number of carbonyl (C=O) groups is 1. The van der Waals surface area contributed by atoms with Gasteiger partial charge in [-0.05, 0) is 37.3 Å². The largest absolute Gasteiger partial charge is 0.359 e. The fourth-order valence-electron chi connectivity index (χ4n) is 3.75. The number of aryl methyl sites for hydroxylation is 1. The van der Waals surface area contributed by atoms with Gasteiger partial charge in [0.2, 0.25) is 5.91 Å². The number of aromatic nitrogens is 1. The Bertz CT molecular complexity index is 841. The van der Waals surface area contributed by atoms with Crippen LogP contribution in [0.1, 0.15) is 56.0 Å². The monoisotopic (exact) mass is 397 g/mol. The fraction of sp³-hybridized carbons (Fsp3) is 0.500. The molecule has 0 unspecified atom stereocenters. The van der Waals surface area contributed by atoms with E-state index in [-0.39, 0.29) is 12.5 Å². The first-order chi connectivity index (χ1) is 14.2. The second-order valence-electron chi connectivity index (χ2n) is 7.29. The highest BCUT2D eigenvalue weighted by Crippen LogP contribution is 2.26. The minimum atomic E-state index is 0.0378. The van der Waals surface area contributed by atoms with Crippen molar-refractivity contribution in [3.05, 3.63) is 47.3 Å². The minimum Gasteiger partial charge on any atom is -0.359 e. The van der Waals surface area contributed by atoms with E-state index in [1.54, 1.807) is 7.05 Å². The van der Waals surface area contributed by atoms with E-state index in [0.717, 1.165) is 49.4 Å². The van der Waals surface area contributed by atoms with Crippen molar-refractivity contribution in [2.75, 3.05) is 25.0 Å². The van der Waals surface area contributed by atoms with Crippen LogP contribution in [0, 0.1) is 0 Å². The molecule has 1 aliphatic rings. The lowest BCUT2D eigenvalue weighted by Crippen LogP contribution is -2.45. The standard InChI is InChI=1S/C22H31N5O2/c1-4-16(5-2)19-13-18(29-26-19)14-24-22(23-3)25-15-21(28)27-12-8-10-17-9-6-7-11-20(17)27/h6-7,9,11,13,16H,4-5,8,10,12,14-15H2,1-3H3,(H2,23,24,25). The number of nitrogens with zero attached hydrogens (tertiary/aromatic N) is 3. The number of benzene rings is 1. The predicted octanol–water partition coefficient (Wildman–Crippen LogP) is 3.22. The molecule has 0 saturated heterocycles. The Morgan fingerprint density at radius 1 is 1.28 bits per heavy atom. The van der Waals surface area contributed by atoms with Crippen molar-refractivity contribution in [3.8, 4) is 0 Å². The molecular formula is C22H31N5O2. The molecule has 7 heteroatoms. The molecule has 0 atom stereocenters. The van der Waals surface area contributed by atoms with Crippen LogP contribution in [-0.2, 0) is 17.8 Å². The first kappa shape index (κ1) is 20.9. The Balaban J connectivity index is 1.52. The maximum Gasteiger partial charge on any atom is 0.246 e. The molecule has 3 rings (SSSR count). The van der Waals surface area contributed by atoms with Gasteiger partial charge in [-0.3, -0.25) is 9.79 Å². The number of amides is 1. The topological polar surface area (TPSA) is 82.8 Å². The van der Waals surface area contributed by atoms with Crippen molar-refractivity contribution < 1.29 is 9.32 Å². The molecule has 0 bridgehead atoms. The van der Waals surface area contributed by atoms with E-state index >= 15 is 0 Å². The summed E-state index contributed by atoms with van der Waals surface area (Å²) in [7, 11) is 1.69. The van der Waals surface area contributed by atoms with Crippen molar-refractivity contribution in [2.45, 2.75) is 52.0 Å². The van der Waals surface area contributed by atoms with E-state index in [4.69, 9.17) is 4.52 Å². The van der Waals surface area contributed by atoms with Gasteiger partial charge in [0.05, 0.1) is 18.8 Å². The van der Waals surface area contributed by atoms with E-state index in [1.165, 1.54) is 5.56 Å². The Kier molecular flexibility index (Phi) is 7.27. The highest BCUT2D eigenvalue weighted by molar-refractivity contribution is 5.98. The first-order valence-electron chi connectivity index (χ1n) is 10.4. The summed E-state index contributed by atoms with van der Waals surface area (Å²) in [5.74, 6) is 1.78. The summed E-state index contributed by atoms with van der Waals surface area (Å²) in [6.45, 7) is 5.71. The SMILES string of the molecule is CCC(CC)c1cc(CNC(=NC)NCC(=O)N2CCCc3ccccc32)on1. The van der Waals surface area contributed by atoms with Crippen LogP contribution < -0.4 is 15.5 Å². The Labute approximate surface area is 172 Å². The van der Waals surface area contributed by atoms with E-state index in [2.05, 4.69) is 40.7 Å². The number of hydrogen-bond acceptors (Lipinski definition) is 4. The molecular weight excluding hydrogens is 366 g/mol. The number of para-hydroxylation sites is 1. The Morgan fingerprint density at radius 3 is 2.83 bits per heavy atom. The number of nitrogens with one attached hydrogen (secondary N) is 2. The lowest BCUT2D eigenvalue weighted by molar-refractivity contribution is -0.117. The van der Waals surface area contributed by atoms with Crippen LogP contribution in [0.3, 0.4) is 0 Å². The molecule has 0 spiro atoms. The summed E-state index contributed by atoms with van der Waals surface area (Å²) in [6, 6.07) is 10.1. The van der Waals surface area contributed by atoms with Gasteiger partial charge in [0.1, 0.15) is 0 Å². The summed E-state index contributed by atoms with van der Waals surface area (Å²) >= 11 is 0. The van der Waals surface area contributed by atoms with Gasteiger partial charge in [0.25, 0.3) is 0 Å². The summed E-state index contributed by atoms with van der Waals surface area (Å²) in [4.78, 5) is 18.8. The molecule has 1 aliphatic heterocycles. The van der Waals surface area contributed by atoms with Crippen molar-refractivity contribution >= 4 is 17.6 Å². The molecule has 0 fully saturated rings. The smallest absolute Gasteiger partial charge is 0.246 e. The van der Waals surface area contributed by atoms with Crippen LogP contribution in [0.4, 0.5) is 5.69 Å². The van der Waals surface area contributed by atoms with Gasteiger partial charge in [0.15, 0.2) is 11.7 Å². The van der Waals surface area contributed by atoms with Crippen LogP contribution in [0.15, 0.2) is 39.8 Å². The Morgan fingerprint density at radius 2 is 2.07 bits per heavy atom. The molecule has 7 nitrogen and oxygen atoms in total. The predicted molar refractivity (Wildman–Crippen MR) is 115 cm³/mol. The van der Waals surface area contributed by atoms with Crippen LogP contribution in [0.5, 0.6) is 0 Å². The number of rotatable bonds is 7. The maximum atomic E-state index is 12.8. The summed E-state index contributed by atoms with van der Waals surface area (Å²) in [6.07, 6.45) is 4.09. The van der Waals surface area contributed by atoms with Gasteiger partial charge in [-0.1, -0.05) is 37.2 Å². The van der Waals surface area contributed by atoms with Gasteiger partial charge in [-0.2, -0.15) is 0 Å². The molecule has 0 aliphatic carbocycles. The van der Waals surface area contributed by atoms with Crippen molar-refractivity contribution in [1.29, 1.82) is 0 Å². The molecule has 2 N–H and O–H groups in total. The van der Waals surface area contributed by atoms with Crippen LogP contribution >= 0.6 is 0 Å². The zero-order valence-electron chi connectivity index (χ0n) is 17.6. The van der Waals surface area contributed by atoms with Gasteiger partial charge in [-0.15, -0.1) is 0 Å². The normalized spacial score (nSPS) is 14.1. The van der Waals surface area contributed by atoms with Gasteiger partial charge in [0, 0.05) is 31.3 Å². The molecule has 2 aromatic rings. The van der Waals surface area contributed by atoms with Crippen molar-refractivity contribution in [3.63, 3.8) is 0 Å². The number of fused-ring (bicyclic) bond motifs is 1. The van der Waals surface area contributed by atoms with Gasteiger partial charge in [-0.25, -0.2) is 0 Å². The lowest BCUT2D eigenvalue weighted by Gasteiger charge is -2.29. The van der Waals surface area contributed by atoms with E-state index in [0.29, 0.717) is 18.4 Å². The third kappa shape index (κ3) is 5.16. The minimum absolute atomic E-state index is 0.0378. The average Bonchev–Trinajstić information content (AvgIpc) is 3.23. The second-order valence-corrected chi connectivity index (χ2v) is 7.29. The van der Waals surface area contributed by atoms with Gasteiger partial charge >= 0.3 is 0 Å². The lowest BCUT2D eigenvalue weighted by atomic mass is 9.99. The second kappa shape index (κ2) is 10.1. The number of guanidine groups is 1. The zero-order chi connectivity index (χ0) is 20.6. The summed E-state index contributed by atoms with van der Waals surface area (Å²) in [5.41, 5.74) is 3.24. The van der Waals surface area contributed by atoms with E-state index < -0.39 is 0 Å². The highest BCUT2D eigenvalue weighted by atomic mass is 16.5. The van der Waals surface area contributed by atoms with Crippen LogP contribution in [0.2, 0.25) is 0 Å². The third-order valence-electron chi connectivity index (χ3n) is 5.45. The molecule has 1 aromatic carbocycles. The molecule has 156 valence electrons. The highest BCUT2D eigenvalue weighted by Gasteiger charge is 2.22. The fourth-order valence-corrected chi connectivity index (χ4v) is 3.75. The maximum absolute atomic E-state index is 12.8. The zero-order valence-corrected chi connectivity index (χ0v) is 17.6. The third-order valence-corrected chi connectivity index (χ3v) is 5.45. The first-order valence-corrected chi connectivity index (χ1v) is 10.4. The molecule has 0 saturated carbocycles. The number of aliphatic imine (C=N–C) groups is 1. The molecule has 0 radical (unpaired) electrons. The molecule has 2 heterocycles. The van der Waals surface area contributed by atoms with Gasteiger partial charge < -0.3 is 20.1 Å². The van der Waals surface area contributed by atoms with E-state index in [1.807, 2.05) is 29.2 Å². The quantitative estimate of drug-likeness (QED) is 0.554. The molecule has 1 aromatic heterocycles. The summed E-state index contributed by atoms with van der Waals surface area (Å²) < 4.78 is 5.43. The number of anilines is 1. The molecule has 1 amide bonds. The van der Waals surface area contributed by atoms with Crippen molar-refractivity contribution in [1.82, 2.24) is 15.8 Å².